The van der Waals surface area contributed by atoms with Crippen molar-refractivity contribution in [3.05, 3.63) is 77.3 Å². The van der Waals surface area contributed by atoms with Crippen molar-refractivity contribution in [2.45, 2.75) is 24.5 Å². The molecule has 3 heterocycles. The van der Waals surface area contributed by atoms with Gasteiger partial charge in [0.15, 0.2) is 0 Å². The molecule has 1 saturated heterocycles. The lowest BCUT2D eigenvalue weighted by Gasteiger charge is -2.29. The van der Waals surface area contributed by atoms with E-state index in [0.717, 1.165) is 21.0 Å². The number of rotatable bonds is 4. The molecule has 2 aromatic heterocycles. The van der Waals surface area contributed by atoms with Gasteiger partial charge in [0.2, 0.25) is 5.91 Å². The van der Waals surface area contributed by atoms with E-state index >= 15 is 0 Å². The van der Waals surface area contributed by atoms with Gasteiger partial charge in [0.25, 0.3) is 0 Å². The third-order valence-electron chi connectivity index (χ3n) is 5.03. The fourth-order valence-electron chi connectivity index (χ4n) is 3.66. The molecule has 1 fully saturated rings. The fraction of sp³-hybridized carbons (Fsp3) is 0.238. The lowest BCUT2D eigenvalue weighted by atomic mass is 9.88. The lowest BCUT2D eigenvalue weighted by molar-refractivity contribution is -0.128. The zero-order valence-electron chi connectivity index (χ0n) is 14.4. The average molecular weight is 364 g/mol. The van der Waals surface area contributed by atoms with Gasteiger partial charge >= 0.3 is 0 Å². The highest BCUT2D eigenvalue weighted by atomic mass is 32.1. The molecule has 1 aliphatic heterocycles. The van der Waals surface area contributed by atoms with Crippen LogP contribution < -0.4 is 0 Å². The van der Waals surface area contributed by atoms with Crippen molar-refractivity contribution in [2.75, 3.05) is 7.05 Å². The molecule has 1 aromatic carbocycles. The molecule has 132 valence electrons. The van der Waals surface area contributed by atoms with Crippen molar-refractivity contribution in [2.24, 2.45) is 0 Å². The van der Waals surface area contributed by atoms with Crippen LogP contribution in [0.2, 0.25) is 0 Å². The third-order valence-corrected chi connectivity index (χ3v) is 6.21. The Labute approximate surface area is 156 Å². The number of carbonyl (C=O) groups excluding carboxylic acids is 1. The molecule has 1 amide bonds. The molecule has 4 rings (SSSR count). The maximum absolute atomic E-state index is 12.3. The van der Waals surface area contributed by atoms with Gasteiger partial charge in [-0.05, 0) is 29.8 Å². The minimum atomic E-state index is -0.723. The number of benzene rings is 1. The molecule has 26 heavy (non-hydrogen) atoms. The van der Waals surface area contributed by atoms with Crippen LogP contribution in [0.1, 0.15) is 28.9 Å². The summed E-state index contributed by atoms with van der Waals surface area (Å²) in [5.41, 5.74) is 1.99. The first-order valence-corrected chi connectivity index (χ1v) is 9.46. The standard InChI is InChI=1S/C21H20N2O2S/c1-23-19(24)13-15(14-7-3-2-4-8-14)20(23)21(25)18-11-10-17(26-18)16-9-5-6-12-22-16/h2-12,15,20-21,25H,13H2,1H3/t15-,20-,21-/m1/s1. The highest BCUT2D eigenvalue weighted by Gasteiger charge is 2.43. The van der Waals surface area contributed by atoms with Gasteiger partial charge < -0.3 is 10.0 Å². The van der Waals surface area contributed by atoms with Crippen LogP contribution in [0.4, 0.5) is 0 Å². The summed E-state index contributed by atoms with van der Waals surface area (Å²) in [4.78, 5) is 20.3. The number of aromatic nitrogens is 1. The van der Waals surface area contributed by atoms with Gasteiger partial charge in [-0.3, -0.25) is 9.78 Å². The van der Waals surface area contributed by atoms with E-state index in [0.29, 0.717) is 6.42 Å². The summed E-state index contributed by atoms with van der Waals surface area (Å²) in [6.45, 7) is 0. The predicted octanol–water partition coefficient (Wildman–Crippen LogP) is 3.86. The summed E-state index contributed by atoms with van der Waals surface area (Å²) in [7, 11) is 1.78. The molecule has 5 heteroatoms. The quantitative estimate of drug-likeness (QED) is 0.765. The second kappa shape index (κ2) is 7.02. The minimum Gasteiger partial charge on any atom is -0.385 e. The molecule has 3 atom stereocenters. The van der Waals surface area contributed by atoms with Crippen molar-refractivity contribution in [1.82, 2.24) is 9.88 Å². The van der Waals surface area contributed by atoms with Crippen LogP contribution in [0.25, 0.3) is 10.6 Å². The number of likely N-dealkylation sites (tertiary alicyclic amines) is 1. The summed E-state index contributed by atoms with van der Waals surface area (Å²) in [6, 6.07) is 19.4. The first-order valence-electron chi connectivity index (χ1n) is 8.65. The zero-order valence-corrected chi connectivity index (χ0v) is 15.3. The summed E-state index contributed by atoms with van der Waals surface area (Å²) < 4.78 is 0. The predicted molar refractivity (Wildman–Crippen MR) is 103 cm³/mol. The van der Waals surface area contributed by atoms with E-state index in [2.05, 4.69) is 4.98 Å². The Balaban J connectivity index is 1.64. The molecule has 1 N–H and O–H groups in total. The lowest BCUT2D eigenvalue weighted by Crippen LogP contribution is -2.36. The monoisotopic (exact) mass is 364 g/mol. The molecule has 0 spiro atoms. The second-order valence-electron chi connectivity index (χ2n) is 6.58. The molecule has 3 aromatic rings. The summed E-state index contributed by atoms with van der Waals surface area (Å²) in [6.07, 6.45) is 1.47. The number of amides is 1. The maximum Gasteiger partial charge on any atom is 0.223 e. The Bertz CT molecular complexity index is 895. The van der Waals surface area contributed by atoms with E-state index in [1.807, 2.05) is 60.7 Å². The summed E-state index contributed by atoms with van der Waals surface area (Å²) >= 11 is 1.53. The van der Waals surface area contributed by atoms with Crippen LogP contribution in [0, 0.1) is 0 Å². The molecule has 0 radical (unpaired) electrons. The first kappa shape index (κ1) is 16.9. The molecule has 4 nitrogen and oxygen atoms in total. The number of aliphatic hydroxyl groups is 1. The maximum atomic E-state index is 12.3. The molecular formula is C21H20N2O2S. The number of carbonyl (C=O) groups is 1. The van der Waals surface area contributed by atoms with Crippen LogP contribution in [0.5, 0.6) is 0 Å². The van der Waals surface area contributed by atoms with Crippen LogP contribution in [0.3, 0.4) is 0 Å². The Morgan fingerprint density at radius 3 is 2.62 bits per heavy atom. The largest absolute Gasteiger partial charge is 0.385 e. The van der Waals surface area contributed by atoms with Gasteiger partial charge in [0.05, 0.1) is 16.6 Å². The zero-order chi connectivity index (χ0) is 18.1. The summed E-state index contributed by atoms with van der Waals surface area (Å²) in [5.74, 6) is 0.0634. The van der Waals surface area contributed by atoms with E-state index in [1.165, 1.54) is 11.3 Å². The van der Waals surface area contributed by atoms with Crippen LogP contribution in [-0.2, 0) is 4.79 Å². The van der Waals surface area contributed by atoms with Crippen LogP contribution >= 0.6 is 11.3 Å². The third kappa shape index (κ3) is 3.04. The van der Waals surface area contributed by atoms with Gasteiger partial charge in [-0.15, -0.1) is 11.3 Å². The van der Waals surface area contributed by atoms with Crippen molar-refractivity contribution < 1.29 is 9.90 Å². The summed E-state index contributed by atoms with van der Waals surface area (Å²) in [5, 5.41) is 11.1. The minimum absolute atomic E-state index is 0.0101. The fourth-order valence-corrected chi connectivity index (χ4v) is 4.67. The van der Waals surface area contributed by atoms with Gasteiger partial charge in [0.1, 0.15) is 6.10 Å². The normalized spacial score (nSPS) is 21.2. The highest BCUT2D eigenvalue weighted by molar-refractivity contribution is 7.15. The van der Waals surface area contributed by atoms with E-state index in [4.69, 9.17) is 0 Å². The molecule has 1 aliphatic rings. The molecular weight excluding hydrogens is 344 g/mol. The first-order chi connectivity index (χ1) is 12.6. The van der Waals surface area contributed by atoms with Crippen LogP contribution in [0.15, 0.2) is 66.9 Å². The number of likely N-dealkylation sites (N-methyl/N-ethyl adjacent to an activating group) is 1. The van der Waals surface area contributed by atoms with Crippen molar-refractivity contribution in [3.8, 4) is 10.6 Å². The van der Waals surface area contributed by atoms with E-state index < -0.39 is 6.10 Å². The Morgan fingerprint density at radius 2 is 1.88 bits per heavy atom. The molecule has 0 bridgehead atoms. The smallest absolute Gasteiger partial charge is 0.223 e. The van der Waals surface area contributed by atoms with Crippen molar-refractivity contribution in [1.29, 1.82) is 0 Å². The molecule has 0 aliphatic carbocycles. The number of thiophene rings is 1. The van der Waals surface area contributed by atoms with E-state index in [1.54, 1.807) is 18.1 Å². The highest BCUT2D eigenvalue weighted by Crippen LogP contribution is 2.42. The number of aliphatic hydroxyl groups excluding tert-OH is 1. The SMILES string of the molecule is CN1C(=O)C[C@H](c2ccccc2)[C@@H]1[C@H](O)c1ccc(-c2ccccn2)s1. The second-order valence-corrected chi connectivity index (χ2v) is 7.69. The number of hydrogen-bond acceptors (Lipinski definition) is 4. The average Bonchev–Trinajstić information content (AvgIpc) is 3.29. The molecule has 0 unspecified atom stereocenters. The topological polar surface area (TPSA) is 53.4 Å². The van der Waals surface area contributed by atoms with Gasteiger partial charge in [-0.2, -0.15) is 0 Å². The van der Waals surface area contributed by atoms with Gasteiger partial charge in [-0.1, -0.05) is 36.4 Å². The van der Waals surface area contributed by atoms with Crippen molar-refractivity contribution >= 4 is 17.2 Å². The number of hydrogen-bond donors (Lipinski definition) is 1. The van der Waals surface area contributed by atoms with Gasteiger partial charge in [0, 0.05) is 30.5 Å². The number of pyridine rings is 1. The van der Waals surface area contributed by atoms with E-state index in [-0.39, 0.29) is 17.9 Å². The Kier molecular flexibility index (Phi) is 4.57. The van der Waals surface area contributed by atoms with Gasteiger partial charge in [-0.25, -0.2) is 0 Å². The Hall–Kier alpha value is -2.50. The molecule has 0 saturated carbocycles. The van der Waals surface area contributed by atoms with Crippen LogP contribution in [-0.4, -0.2) is 34.0 Å². The van der Waals surface area contributed by atoms with E-state index in [9.17, 15) is 9.90 Å². The number of nitrogens with zero attached hydrogens (tertiary/aromatic N) is 2. The Morgan fingerprint density at radius 1 is 1.12 bits per heavy atom. The van der Waals surface area contributed by atoms with Crippen molar-refractivity contribution in [3.63, 3.8) is 0 Å².